The quantitative estimate of drug-likeness (QED) is 0.494. The van der Waals surface area contributed by atoms with E-state index in [4.69, 9.17) is 0 Å². The third-order valence-electron chi connectivity index (χ3n) is 1.19. The van der Waals surface area contributed by atoms with E-state index in [9.17, 15) is 18.0 Å². The van der Waals surface area contributed by atoms with Crippen molar-refractivity contribution in [2.75, 3.05) is 0 Å². The lowest BCUT2D eigenvalue weighted by Gasteiger charge is -2.14. The number of hydrogen-bond acceptors (Lipinski definition) is 1. The Kier molecular flexibility index (Phi) is 2.55. The van der Waals surface area contributed by atoms with E-state index in [-0.39, 0.29) is 0 Å². The Morgan fingerprint density at radius 2 is 2.08 bits per heavy atom. The van der Waals surface area contributed by atoms with Gasteiger partial charge in [-0.15, -0.1) is 0 Å². The third-order valence-corrected chi connectivity index (χ3v) is 2.20. The Morgan fingerprint density at radius 1 is 1.50 bits per heavy atom. The van der Waals surface area contributed by atoms with Gasteiger partial charge in [0, 0.05) is 6.08 Å². The minimum atomic E-state index is -4.51. The van der Waals surface area contributed by atoms with E-state index in [2.05, 4.69) is 4.99 Å². The van der Waals surface area contributed by atoms with Crippen molar-refractivity contribution in [2.45, 2.75) is 10.1 Å². The molecule has 0 radical (unpaired) electrons. The Labute approximate surface area is 79.7 Å². The summed E-state index contributed by atoms with van der Waals surface area (Å²) in [6.07, 6.45) is -2.29. The number of hydrogen-bond donors (Lipinski definition) is 0. The SMILES string of the molecule is O=C1C=CC(I)C(C(F)(F)F)=N1. The first kappa shape index (κ1) is 9.69. The van der Waals surface area contributed by atoms with Crippen LogP contribution in [0.3, 0.4) is 0 Å². The van der Waals surface area contributed by atoms with E-state index < -0.39 is 21.7 Å². The second-order valence-corrected chi connectivity index (χ2v) is 3.44. The predicted octanol–water partition coefficient (Wildman–Crippen LogP) is 1.89. The first-order valence-corrected chi connectivity index (χ1v) is 4.18. The maximum atomic E-state index is 12.0. The Hall–Kier alpha value is -0.400. The Bertz CT molecular complexity index is 268. The van der Waals surface area contributed by atoms with Crippen molar-refractivity contribution < 1.29 is 18.0 Å². The average Bonchev–Trinajstić information content (AvgIpc) is 1.92. The summed E-state index contributed by atoms with van der Waals surface area (Å²) < 4.78 is 35.3. The molecule has 12 heavy (non-hydrogen) atoms. The van der Waals surface area contributed by atoms with Gasteiger partial charge in [0.2, 0.25) is 0 Å². The van der Waals surface area contributed by atoms with Crippen LogP contribution in [0.2, 0.25) is 0 Å². The fourth-order valence-corrected chi connectivity index (χ4v) is 1.40. The van der Waals surface area contributed by atoms with Gasteiger partial charge in [0.25, 0.3) is 5.91 Å². The van der Waals surface area contributed by atoms with E-state index in [1.807, 2.05) is 0 Å². The largest absolute Gasteiger partial charge is 0.430 e. The van der Waals surface area contributed by atoms with Gasteiger partial charge < -0.3 is 0 Å². The van der Waals surface area contributed by atoms with Crippen LogP contribution in [0.15, 0.2) is 17.1 Å². The number of carbonyl (C=O) groups excluding carboxylic acids is 1. The number of halogens is 4. The Morgan fingerprint density at radius 3 is 2.50 bits per heavy atom. The van der Waals surface area contributed by atoms with Crippen molar-refractivity contribution in [3.8, 4) is 0 Å². The van der Waals surface area contributed by atoms with Crippen molar-refractivity contribution in [3.05, 3.63) is 12.2 Å². The van der Waals surface area contributed by atoms with Crippen molar-refractivity contribution in [1.82, 2.24) is 0 Å². The van der Waals surface area contributed by atoms with Crippen molar-refractivity contribution in [3.63, 3.8) is 0 Å². The molecule has 6 heteroatoms. The smallest absolute Gasteiger partial charge is 0.267 e. The molecule has 0 N–H and O–H groups in total. The normalized spacial score (nSPS) is 24.2. The van der Waals surface area contributed by atoms with Gasteiger partial charge in [0.05, 0.1) is 3.92 Å². The summed E-state index contributed by atoms with van der Waals surface area (Å²) in [7, 11) is 0. The van der Waals surface area contributed by atoms with Crippen LogP contribution in [0.4, 0.5) is 13.2 Å². The lowest BCUT2D eigenvalue weighted by molar-refractivity contribution is -0.114. The number of dihydropyridines is 1. The minimum Gasteiger partial charge on any atom is -0.267 e. The van der Waals surface area contributed by atoms with Gasteiger partial charge in [-0.25, -0.2) is 4.99 Å². The van der Waals surface area contributed by atoms with Gasteiger partial charge >= 0.3 is 6.18 Å². The topological polar surface area (TPSA) is 29.4 Å². The zero-order valence-corrected chi connectivity index (χ0v) is 7.76. The molecule has 1 atom stereocenters. The molecule has 1 rings (SSSR count). The molecule has 1 aliphatic rings. The molecule has 0 fully saturated rings. The van der Waals surface area contributed by atoms with Gasteiger partial charge in [-0.2, -0.15) is 13.2 Å². The number of amides is 1. The number of alkyl halides is 4. The lowest BCUT2D eigenvalue weighted by atomic mass is 10.2. The molecular formula is C6H3F3INO. The highest BCUT2D eigenvalue weighted by atomic mass is 127. The Balaban J connectivity index is 2.97. The number of carbonyl (C=O) groups is 1. The summed E-state index contributed by atoms with van der Waals surface area (Å²) in [5.74, 6) is -0.852. The summed E-state index contributed by atoms with van der Waals surface area (Å²) in [6.45, 7) is 0. The zero-order chi connectivity index (χ0) is 9.35. The molecule has 2 nitrogen and oxygen atoms in total. The second-order valence-electron chi connectivity index (χ2n) is 2.09. The molecule has 0 aromatic carbocycles. The van der Waals surface area contributed by atoms with Crippen LogP contribution in [0, 0.1) is 0 Å². The van der Waals surface area contributed by atoms with Crippen LogP contribution < -0.4 is 0 Å². The molecule has 0 aliphatic carbocycles. The highest BCUT2D eigenvalue weighted by Crippen LogP contribution is 2.25. The van der Waals surface area contributed by atoms with Gasteiger partial charge in [-0.05, 0) is 0 Å². The number of allylic oxidation sites excluding steroid dienone is 1. The summed E-state index contributed by atoms with van der Waals surface area (Å²) in [5, 5.41) is 0. The fourth-order valence-electron chi connectivity index (χ4n) is 0.695. The van der Waals surface area contributed by atoms with Crippen LogP contribution in [0.5, 0.6) is 0 Å². The van der Waals surface area contributed by atoms with Crippen LogP contribution in [-0.2, 0) is 4.79 Å². The molecule has 1 heterocycles. The molecule has 1 aliphatic heterocycles. The van der Waals surface area contributed by atoms with Gasteiger partial charge in [0.1, 0.15) is 5.71 Å². The molecular weight excluding hydrogens is 286 g/mol. The van der Waals surface area contributed by atoms with E-state index >= 15 is 0 Å². The summed E-state index contributed by atoms with van der Waals surface area (Å²) in [4.78, 5) is 13.4. The van der Waals surface area contributed by atoms with E-state index in [0.29, 0.717) is 0 Å². The highest BCUT2D eigenvalue weighted by Gasteiger charge is 2.40. The summed E-state index contributed by atoms with van der Waals surface area (Å²) in [6, 6.07) is 0. The highest BCUT2D eigenvalue weighted by molar-refractivity contribution is 14.1. The maximum absolute atomic E-state index is 12.0. The monoisotopic (exact) mass is 289 g/mol. The average molecular weight is 289 g/mol. The first-order chi connectivity index (χ1) is 5.41. The molecule has 66 valence electrons. The maximum Gasteiger partial charge on any atom is 0.430 e. The molecule has 0 aromatic rings. The lowest BCUT2D eigenvalue weighted by Crippen LogP contribution is -2.32. The standard InChI is InChI=1S/C6H3F3INO/c7-6(8,9)5-3(10)1-2-4(12)11-5/h1-3H. The first-order valence-electron chi connectivity index (χ1n) is 2.93. The van der Waals surface area contributed by atoms with E-state index in [0.717, 1.165) is 6.08 Å². The molecule has 1 amide bonds. The molecule has 1 unspecified atom stereocenters. The molecule has 0 bridgehead atoms. The molecule has 0 saturated carbocycles. The van der Waals surface area contributed by atoms with E-state index in [1.165, 1.54) is 6.08 Å². The summed E-state index contributed by atoms with van der Waals surface area (Å²) in [5.41, 5.74) is -1.03. The summed E-state index contributed by atoms with van der Waals surface area (Å²) >= 11 is 1.56. The predicted molar refractivity (Wildman–Crippen MR) is 45.4 cm³/mol. The third kappa shape index (κ3) is 2.05. The zero-order valence-electron chi connectivity index (χ0n) is 5.60. The van der Waals surface area contributed by atoms with E-state index in [1.54, 1.807) is 22.6 Å². The fraction of sp³-hybridized carbons (Fsp3) is 0.333. The van der Waals surface area contributed by atoms with Crippen LogP contribution in [-0.4, -0.2) is 21.7 Å². The van der Waals surface area contributed by atoms with Crippen LogP contribution in [0.25, 0.3) is 0 Å². The van der Waals surface area contributed by atoms with Gasteiger partial charge in [0.15, 0.2) is 0 Å². The number of aliphatic imine (C=N–C) groups is 1. The number of nitrogens with zero attached hydrogens (tertiary/aromatic N) is 1. The number of rotatable bonds is 0. The van der Waals surface area contributed by atoms with Crippen molar-refractivity contribution in [2.24, 2.45) is 4.99 Å². The van der Waals surface area contributed by atoms with Gasteiger partial charge in [-0.1, -0.05) is 28.7 Å². The van der Waals surface area contributed by atoms with Crippen LogP contribution in [0.1, 0.15) is 0 Å². The van der Waals surface area contributed by atoms with Crippen LogP contribution >= 0.6 is 22.6 Å². The van der Waals surface area contributed by atoms with Crippen molar-refractivity contribution >= 4 is 34.2 Å². The molecule has 0 aromatic heterocycles. The van der Waals surface area contributed by atoms with Crippen molar-refractivity contribution in [1.29, 1.82) is 0 Å². The molecule has 0 spiro atoms. The van der Waals surface area contributed by atoms with Gasteiger partial charge in [-0.3, -0.25) is 4.79 Å². The minimum absolute atomic E-state index is 0.852. The molecule has 0 saturated heterocycles. The second kappa shape index (κ2) is 3.15.